The van der Waals surface area contributed by atoms with Crippen LogP contribution in [0.1, 0.15) is 28.4 Å². The van der Waals surface area contributed by atoms with Crippen molar-refractivity contribution in [2.24, 2.45) is 0 Å². The number of aryl methyl sites for hydroxylation is 2. The summed E-state index contributed by atoms with van der Waals surface area (Å²) < 4.78 is 5.14. The first-order valence-corrected chi connectivity index (χ1v) is 6.89. The van der Waals surface area contributed by atoms with Gasteiger partial charge in [-0.15, -0.1) is 0 Å². The molecule has 2 aromatic heterocycles. The molecule has 1 N–H and O–H groups in total. The molecule has 0 saturated heterocycles. The Hall–Kier alpha value is -2.14. The number of rotatable bonds is 4. The van der Waals surface area contributed by atoms with Gasteiger partial charge in [0.2, 0.25) is 5.88 Å². The molecule has 0 aromatic carbocycles. The SMILES string of the molecule is CCc1cncc(C(=O)Nc2cc(C)c(Cl)nc2OC)c1. The fraction of sp³-hybridized carbons (Fsp3) is 0.267. The number of anilines is 1. The molecule has 0 aliphatic carbocycles. The third-order valence-corrected chi connectivity index (χ3v) is 3.41. The lowest BCUT2D eigenvalue weighted by Gasteiger charge is -2.11. The van der Waals surface area contributed by atoms with Crippen LogP contribution in [-0.4, -0.2) is 23.0 Å². The van der Waals surface area contributed by atoms with Gasteiger partial charge < -0.3 is 10.1 Å². The third kappa shape index (κ3) is 3.49. The van der Waals surface area contributed by atoms with Crippen LogP contribution in [0.5, 0.6) is 5.88 Å². The number of hydrogen-bond donors (Lipinski definition) is 1. The zero-order valence-electron chi connectivity index (χ0n) is 12.1. The van der Waals surface area contributed by atoms with Gasteiger partial charge in [-0.05, 0) is 36.6 Å². The van der Waals surface area contributed by atoms with Gasteiger partial charge in [0, 0.05) is 12.4 Å². The summed E-state index contributed by atoms with van der Waals surface area (Å²) >= 11 is 5.94. The predicted molar refractivity (Wildman–Crippen MR) is 82.1 cm³/mol. The third-order valence-electron chi connectivity index (χ3n) is 3.02. The minimum Gasteiger partial charge on any atom is -0.479 e. The molecular weight excluding hydrogens is 290 g/mol. The molecule has 110 valence electrons. The summed E-state index contributed by atoms with van der Waals surface area (Å²) in [7, 11) is 1.48. The summed E-state index contributed by atoms with van der Waals surface area (Å²) in [5, 5.41) is 3.12. The number of aromatic nitrogens is 2. The van der Waals surface area contributed by atoms with Crippen molar-refractivity contribution in [3.8, 4) is 5.88 Å². The second kappa shape index (κ2) is 6.54. The van der Waals surface area contributed by atoms with Crippen LogP contribution < -0.4 is 10.1 Å². The van der Waals surface area contributed by atoms with Crippen LogP contribution in [0, 0.1) is 6.92 Å². The molecule has 0 atom stereocenters. The van der Waals surface area contributed by atoms with E-state index < -0.39 is 0 Å². The lowest BCUT2D eigenvalue weighted by Crippen LogP contribution is -2.14. The maximum Gasteiger partial charge on any atom is 0.257 e. The van der Waals surface area contributed by atoms with E-state index >= 15 is 0 Å². The number of hydrogen-bond acceptors (Lipinski definition) is 4. The minimum absolute atomic E-state index is 0.264. The molecule has 2 rings (SSSR count). The van der Waals surface area contributed by atoms with Crippen LogP contribution in [0.25, 0.3) is 0 Å². The number of carbonyl (C=O) groups excluding carboxylic acids is 1. The number of amides is 1. The van der Waals surface area contributed by atoms with Gasteiger partial charge in [0.15, 0.2) is 0 Å². The molecule has 2 heterocycles. The quantitative estimate of drug-likeness (QED) is 0.881. The predicted octanol–water partition coefficient (Wildman–Crippen LogP) is 3.26. The molecule has 0 fully saturated rings. The van der Waals surface area contributed by atoms with E-state index in [0.29, 0.717) is 16.4 Å². The molecule has 5 nitrogen and oxygen atoms in total. The van der Waals surface area contributed by atoms with Gasteiger partial charge in [-0.2, -0.15) is 4.98 Å². The van der Waals surface area contributed by atoms with Crippen LogP contribution >= 0.6 is 11.6 Å². The number of halogens is 1. The molecular formula is C15H16ClN3O2. The minimum atomic E-state index is -0.264. The van der Waals surface area contributed by atoms with Crippen LogP contribution in [0.2, 0.25) is 5.15 Å². The molecule has 0 aliphatic heterocycles. The van der Waals surface area contributed by atoms with E-state index in [2.05, 4.69) is 15.3 Å². The van der Waals surface area contributed by atoms with E-state index in [1.165, 1.54) is 13.3 Å². The van der Waals surface area contributed by atoms with Crippen molar-refractivity contribution >= 4 is 23.2 Å². The van der Waals surface area contributed by atoms with Crippen LogP contribution in [-0.2, 0) is 6.42 Å². The molecule has 1 amide bonds. The maximum absolute atomic E-state index is 12.3. The van der Waals surface area contributed by atoms with Gasteiger partial charge in [-0.3, -0.25) is 9.78 Å². The molecule has 0 bridgehead atoms. The summed E-state index contributed by atoms with van der Waals surface area (Å²) in [4.78, 5) is 20.4. The Morgan fingerprint density at radius 2 is 2.14 bits per heavy atom. The van der Waals surface area contributed by atoms with Gasteiger partial charge >= 0.3 is 0 Å². The van der Waals surface area contributed by atoms with Crippen molar-refractivity contribution in [2.45, 2.75) is 20.3 Å². The van der Waals surface area contributed by atoms with Crippen molar-refractivity contribution in [2.75, 3.05) is 12.4 Å². The Balaban J connectivity index is 2.28. The summed E-state index contributed by atoms with van der Waals surface area (Å²) in [5.41, 5.74) is 2.73. The van der Waals surface area contributed by atoms with Gasteiger partial charge in [0.25, 0.3) is 5.91 Å². The molecule has 0 unspecified atom stereocenters. The topological polar surface area (TPSA) is 64.1 Å². The normalized spacial score (nSPS) is 10.3. The Morgan fingerprint density at radius 3 is 2.81 bits per heavy atom. The average Bonchev–Trinajstić information content (AvgIpc) is 2.50. The number of pyridine rings is 2. The van der Waals surface area contributed by atoms with Gasteiger partial charge in [0.05, 0.1) is 12.7 Å². The lowest BCUT2D eigenvalue weighted by molar-refractivity contribution is 0.102. The largest absolute Gasteiger partial charge is 0.479 e. The first-order valence-electron chi connectivity index (χ1n) is 6.51. The first-order chi connectivity index (χ1) is 10.0. The molecule has 0 aliphatic rings. The van der Waals surface area contributed by atoms with Crippen molar-refractivity contribution in [1.82, 2.24) is 9.97 Å². The highest BCUT2D eigenvalue weighted by molar-refractivity contribution is 6.30. The molecule has 0 spiro atoms. The Bertz CT molecular complexity index is 674. The van der Waals surface area contributed by atoms with Crippen molar-refractivity contribution < 1.29 is 9.53 Å². The second-order valence-corrected chi connectivity index (χ2v) is 4.90. The Morgan fingerprint density at radius 1 is 1.38 bits per heavy atom. The van der Waals surface area contributed by atoms with Crippen molar-refractivity contribution in [1.29, 1.82) is 0 Å². The smallest absolute Gasteiger partial charge is 0.257 e. The molecule has 21 heavy (non-hydrogen) atoms. The average molecular weight is 306 g/mol. The molecule has 0 radical (unpaired) electrons. The van der Waals surface area contributed by atoms with E-state index in [4.69, 9.17) is 16.3 Å². The van der Waals surface area contributed by atoms with Gasteiger partial charge in [-0.25, -0.2) is 0 Å². The zero-order valence-corrected chi connectivity index (χ0v) is 12.9. The fourth-order valence-corrected chi connectivity index (χ4v) is 1.95. The summed E-state index contributed by atoms with van der Waals surface area (Å²) in [6, 6.07) is 3.54. The van der Waals surface area contributed by atoms with E-state index in [9.17, 15) is 4.79 Å². The Kier molecular flexibility index (Phi) is 4.75. The highest BCUT2D eigenvalue weighted by atomic mass is 35.5. The summed E-state index contributed by atoms with van der Waals surface area (Å²) in [6.45, 7) is 3.82. The molecule has 0 saturated carbocycles. The van der Waals surface area contributed by atoms with E-state index in [0.717, 1.165) is 17.5 Å². The number of nitrogens with one attached hydrogen (secondary N) is 1. The molecule has 2 aromatic rings. The van der Waals surface area contributed by atoms with E-state index in [1.54, 1.807) is 12.3 Å². The lowest BCUT2D eigenvalue weighted by atomic mass is 10.1. The Labute approximate surface area is 128 Å². The maximum atomic E-state index is 12.3. The second-order valence-electron chi connectivity index (χ2n) is 4.54. The number of carbonyl (C=O) groups is 1. The van der Waals surface area contributed by atoms with Crippen molar-refractivity contribution in [3.63, 3.8) is 0 Å². The highest BCUT2D eigenvalue weighted by Gasteiger charge is 2.13. The first kappa shape index (κ1) is 15.3. The van der Waals surface area contributed by atoms with Crippen LogP contribution in [0.4, 0.5) is 5.69 Å². The zero-order chi connectivity index (χ0) is 15.4. The monoisotopic (exact) mass is 305 g/mol. The van der Waals surface area contributed by atoms with Crippen molar-refractivity contribution in [3.05, 3.63) is 46.4 Å². The highest BCUT2D eigenvalue weighted by Crippen LogP contribution is 2.27. The number of methoxy groups -OCH3 is 1. The number of ether oxygens (including phenoxy) is 1. The van der Waals surface area contributed by atoms with Gasteiger partial charge in [0.1, 0.15) is 10.8 Å². The van der Waals surface area contributed by atoms with Gasteiger partial charge in [-0.1, -0.05) is 18.5 Å². The number of nitrogens with zero attached hydrogens (tertiary/aromatic N) is 2. The summed E-state index contributed by atoms with van der Waals surface area (Å²) in [5.74, 6) is 0.0122. The van der Waals surface area contributed by atoms with Crippen LogP contribution in [0.15, 0.2) is 24.5 Å². The molecule has 6 heteroatoms. The summed E-state index contributed by atoms with van der Waals surface area (Å²) in [6.07, 6.45) is 4.08. The standard InChI is InChI=1S/C15H16ClN3O2/c1-4-10-6-11(8-17-7-10)14(20)18-12-5-9(2)13(16)19-15(12)21-3/h5-8H,4H2,1-3H3,(H,18,20). The van der Waals surface area contributed by atoms with Crippen LogP contribution in [0.3, 0.4) is 0 Å². The fourth-order valence-electron chi connectivity index (χ4n) is 1.82. The van der Waals surface area contributed by atoms with E-state index in [-0.39, 0.29) is 11.8 Å². The van der Waals surface area contributed by atoms with E-state index in [1.807, 2.05) is 19.9 Å².